The van der Waals surface area contributed by atoms with Gasteiger partial charge in [0.05, 0.1) is 0 Å². The minimum absolute atomic E-state index is 0.129. The summed E-state index contributed by atoms with van der Waals surface area (Å²) < 4.78 is 12.8. The van der Waals surface area contributed by atoms with E-state index >= 15 is 0 Å². The topological polar surface area (TPSA) is 58.2 Å². The molecule has 0 atom stereocenters. The molecule has 1 aromatic carbocycles. The van der Waals surface area contributed by atoms with E-state index in [1.54, 1.807) is 12.1 Å². The average Bonchev–Trinajstić information content (AvgIpc) is 3.19. The second-order valence-corrected chi connectivity index (χ2v) is 6.35. The molecule has 1 aromatic rings. The Morgan fingerprint density at radius 3 is 2.32 bits per heavy atom. The molecule has 0 aromatic heterocycles. The van der Waals surface area contributed by atoms with Gasteiger partial charge in [0.25, 0.3) is 0 Å². The Hall–Kier alpha value is -1.91. The zero-order valence-electron chi connectivity index (χ0n) is 12.5. The Morgan fingerprint density at radius 2 is 1.73 bits per heavy atom. The summed E-state index contributed by atoms with van der Waals surface area (Å²) in [7, 11) is 0. The third-order valence-corrected chi connectivity index (χ3v) is 4.68. The van der Waals surface area contributed by atoms with E-state index in [1.165, 1.54) is 12.1 Å². The average molecular weight is 304 g/mol. The summed E-state index contributed by atoms with van der Waals surface area (Å²) in [6, 6.07) is 6.22. The van der Waals surface area contributed by atoms with E-state index in [2.05, 4.69) is 10.6 Å². The molecule has 0 heterocycles. The van der Waals surface area contributed by atoms with Gasteiger partial charge in [0, 0.05) is 12.6 Å². The molecule has 4 nitrogen and oxygen atoms in total. The minimum Gasteiger partial charge on any atom is -0.352 e. The van der Waals surface area contributed by atoms with Crippen molar-refractivity contribution in [1.82, 2.24) is 10.6 Å². The quantitative estimate of drug-likeness (QED) is 0.820. The number of carbonyl (C=O) groups excluding carboxylic acids is 2. The Balaban J connectivity index is 1.54. The number of benzene rings is 1. The second-order valence-electron chi connectivity index (χ2n) is 6.35. The van der Waals surface area contributed by atoms with Gasteiger partial charge in [0.15, 0.2) is 0 Å². The summed E-state index contributed by atoms with van der Waals surface area (Å²) in [6.45, 7) is 0.317. The standard InChI is InChI=1S/C17H21FN2O2/c18-13-7-5-12(6-8-13)11-19-15(21)17(9-10-17)16(22)20-14-3-1-2-4-14/h5-8,14H,1-4,9-11H2,(H,19,21)(H,20,22). The van der Waals surface area contributed by atoms with E-state index in [0.29, 0.717) is 19.4 Å². The molecule has 0 unspecified atom stereocenters. The summed E-state index contributed by atoms with van der Waals surface area (Å²) in [5.41, 5.74) is -0.0513. The van der Waals surface area contributed by atoms with E-state index in [4.69, 9.17) is 0 Å². The molecule has 2 fully saturated rings. The SMILES string of the molecule is O=C(NCc1ccc(F)cc1)C1(C(=O)NC2CCCC2)CC1. The lowest BCUT2D eigenvalue weighted by atomic mass is 10.0. The number of amides is 2. The van der Waals surface area contributed by atoms with Crippen LogP contribution in [-0.4, -0.2) is 17.9 Å². The Labute approximate surface area is 129 Å². The number of nitrogens with one attached hydrogen (secondary N) is 2. The normalized spacial score (nSPS) is 19.7. The van der Waals surface area contributed by atoms with E-state index in [-0.39, 0.29) is 23.7 Å². The molecule has 0 bridgehead atoms. The molecule has 22 heavy (non-hydrogen) atoms. The molecule has 2 N–H and O–H groups in total. The first-order valence-electron chi connectivity index (χ1n) is 7.94. The van der Waals surface area contributed by atoms with Gasteiger partial charge in [-0.3, -0.25) is 9.59 Å². The largest absolute Gasteiger partial charge is 0.352 e. The van der Waals surface area contributed by atoms with Crippen LogP contribution in [-0.2, 0) is 16.1 Å². The third kappa shape index (κ3) is 3.13. The number of hydrogen-bond donors (Lipinski definition) is 2. The molecule has 0 radical (unpaired) electrons. The van der Waals surface area contributed by atoms with Gasteiger partial charge in [0.2, 0.25) is 11.8 Å². The van der Waals surface area contributed by atoms with E-state index in [1.807, 2.05) is 0 Å². The molecule has 0 saturated heterocycles. The first-order chi connectivity index (χ1) is 10.6. The van der Waals surface area contributed by atoms with Crippen molar-refractivity contribution in [3.8, 4) is 0 Å². The van der Waals surface area contributed by atoms with Crippen molar-refractivity contribution in [2.45, 2.75) is 51.1 Å². The van der Waals surface area contributed by atoms with Crippen LogP contribution < -0.4 is 10.6 Å². The van der Waals surface area contributed by atoms with Crippen molar-refractivity contribution >= 4 is 11.8 Å². The zero-order chi connectivity index (χ0) is 15.6. The molecular weight excluding hydrogens is 283 g/mol. The second kappa shape index (κ2) is 6.07. The van der Waals surface area contributed by atoms with Crippen molar-refractivity contribution in [2.75, 3.05) is 0 Å². The number of rotatable bonds is 5. The van der Waals surface area contributed by atoms with Gasteiger partial charge in [0.1, 0.15) is 11.2 Å². The third-order valence-electron chi connectivity index (χ3n) is 4.68. The van der Waals surface area contributed by atoms with Crippen LogP contribution in [0, 0.1) is 11.2 Å². The molecule has 0 aliphatic heterocycles. The highest BCUT2D eigenvalue weighted by atomic mass is 19.1. The van der Waals surface area contributed by atoms with E-state index < -0.39 is 5.41 Å². The van der Waals surface area contributed by atoms with Crippen molar-refractivity contribution in [3.63, 3.8) is 0 Å². The molecular formula is C17H21FN2O2. The lowest BCUT2D eigenvalue weighted by Crippen LogP contribution is -2.45. The summed E-state index contributed by atoms with van der Waals surface area (Å²) in [4.78, 5) is 24.7. The van der Waals surface area contributed by atoms with Gasteiger partial charge in [-0.25, -0.2) is 4.39 Å². The fourth-order valence-electron chi connectivity index (χ4n) is 3.03. The molecule has 2 aliphatic carbocycles. The molecule has 5 heteroatoms. The van der Waals surface area contributed by atoms with Gasteiger partial charge in [-0.2, -0.15) is 0 Å². The summed E-state index contributed by atoms with van der Waals surface area (Å²) in [5.74, 6) is -0.645. The van der Waals surface area contributed by atoms with Crippen LogP contribution in [0.1, 0.15) is 44.1 Å². The summed E-state index contributed by atoms with van der Waals surface area (Å²) in [5, 5.41) is 5.82. The Morgan fingerprint density at radius 1 is 1.09 bits per heavy atom. The van der Waals surface area contributed by atoms with Crippen molar-refractivity contribution in [3.05, 3.63) is 35.6 Å². The smallest absolute Gasteiger partial charge is 0.235 e. The van der Waals surface area contributed by atoms with Crippen molar-refractivity contribution in [1.29, 1.82) is 0 Å². The van der Waals surface area contributed by atoms with Gasteiger partial charge < -0.3 is 10.6 Å². The van der Waals surface area contributed by atoms with Crippen LogP contribution >= 0.6 is 0 Å². The molecule has 3 rings (SSSR count). The van der Waals surface area contributed by atoms with Crippen LogP contribution in [0.15, 0.2) is 24.3 Å². The van der Waals surface area contributed by atoms with Crippen LogP contribution in [0.25, 0.3) is 0 Å². The lowest BCUT2D eigenvalue weighted by Gasteiger charge is -2.18. The molecule has 118 valence electrons. The minimum atomic E-state index is -0.872. The molecule has 2 amide bonds. The first kappa shape index (κ1) is 15.0. The van der Waals surface area contributed by atoms with Crippen LogP contribution in [0.5, 0.6) is 0 Å². The van der Waals surface area contributed by atoms with Crippen LogP contribution in [0.4, 0.5) is 4.39 Å². The lowest BCUT2D eigenvalue weighted by molar-refractivity contribution is -0.137. The van der Waals surface area contributed by atoms with Gasteiger partial charge >= 0.3 is 0 Å². The Kier molecular flexibility index (Phi) is 4.14. The van der Waals surface area contributed by atoms with Crippen LogP contribution in [0.2, 0.25) is 0 Å². The monoisotopic (exact) mass is 304 g/mol. The fourth-order valence-corrected chi connectivity index (χ4v) is 3.03. The van der Waals surface area contributed by atoms with Crippen molar-refractivity contribution in [2.24, 2.45) is 5.41 Å². The van der Waals surface area contributed by atoms with Gasteiger partial charge in [-0.1, -0.05) is 25.0 Å². The Bertz CT molecular complexity index is 561. The highest BCUT2D eigenvalue weighted by molar-refractivity contribution is 6.07. The maximum Gasteiger partial charge on any atom is 0.235 e. The number of halogens is 1. The van der Waals surface area contributed by atoms with Gasteiger partial charge in [-0.05, 0) is 43.4 Å². The number of carbonyl (C=O) groups is 2. The molecule has 2 saturated carbocycles. The van der Waals surface area contributed by atoms with E-state index in [0.717, 1.165) is 31.2 Å². The van der Waals surface area contributed by atoms with Crippen molar-refractivity contribution < 1.29 is 14.0 Å². The molecule has 2 aliphatic rings. The summed E-state index contributed by atoms with van der Waals surface area (Å²) >= 11 is 0. The summed E-state index contributed by atoms with van der Waals surface area (Å²) in [6.07, 6.45) is 5.54. The fraction of sp³-hybridized carbons (Fsp3) is 0.529. The van der Waals surface area contributed by atoms with Gasteiger partial charge in [-0.15, -0.1) is 0 Å². The highest BCUT2D eigenvalue weighted by Crippen LogP contribution is 2.46. The molecule has 0 spiro atoms. The maximum absolute atomic E-state index is 12.8. The zero-order valence-corrected chi connectivity index (χ0v) is 12.5. The highest BCUT2D eigenvalue weighted by Gasteiger charge is 2.56. The van der Waals surface area contributed by atoms with Crippen LogP contribution in [0.3, 0.4) is 0 Å². The van der Waals surface area contributed by atoms with E-state index in [9.17, 15) is 14.0 Å². The predicted octanol–water partition coefficient (Wildman–Crippen LogP) is 2.28. The maximum atomic E-state index is 12.8. The first-order valence-corrected chi connectivity index (χ1v) is 7.94. The number of hydrogen-bond acceptors (Lipinski definition) is 2. The predicted molar refractivity (Wildman–Crippen MR) is 80.3 cm³/mol.